The maximum Gasteiger partial charge on any atom is 0.267 e. The molecule has 0 saturated heterocycles. The zero-order valence-electron chi connectivity index (χ0n) is 12.0. The van der Waals surface area contributed by atoms with Gasteiger partial charge in [0.25, 0.3) is 5.91 Å². The highest BCUT2D eigenvalue weighted by Crippen LogP contribution is 2.32. The van der Waals surface area contributed by atoms with Gasteiger partial charge < -0.3 is 4.74 Å². The van der Waals surface area contributed by atoms with Gasteiger partial charge in [-0.3, -0.25) is 10.1 Å². The number of aromatic nitrogens is 1. The van der Waals surface area contributed by atoms with Gasteiger partial charge in [0, 0.05) is 4.88 Å². The number of carbonyl (C=O) groups is 1. The summed E-state index contributed by atoms with van der Waals surface area (Å²) in [5.41, 5.74) is 2.21. The first-order chi connectivity index (χ1) is 10.7. The smallest absolute Gasteiger partial charge is 0.267 e. The van der Waals surface area contributed by atoms with Gasteiger partial charge in [0.2, 0.25) is 0 Å². The van der Waals surface area contributed by atoms with Crippen LogP contribution in [0.3, 0.4) is 0 Å². The van der Waals surface area contributed by atoms with Crippen molar-refractivity contribution in [3.63, 3.8) is 0 Å². The molecule has 0 saturated carbocycles. The number of benzene rings is 1. The van der Waals surface area contributed by atoms with E-state index in [1.54, 1.807) is 18.4 Å². The molecule has 0 unspecified atom stereocenters. The Bertz CT molecular complexity index is 845. The lowest BCUT2D eigenvalue weighted by Crippen LogP contribution is -2.09. The molecule has 1 amide bonds. The van der Waals surface area contributed by atoms with E-state index in [4.69, 9.17) is 4.74 Å². The molecule has 2 heterocycles. The van der Waals surface area contributed by atoms with Gasteiger partial charge in [-0.1, -0.05) is 11.3 Å². The third-order valence-corrected chi connectivity index (χ3v) is 5.96. The summed E-state index contributed by atoms with van der Waals surface area (Å²) in [5.74, 6) is 0.731. The average molecular weight is 330 g/mol. The van der Waals surface area contributed by atoms with Crippen molar-refractivity contribution in [3.05, 3.63) is 39.6 Å². The molecule has 22 heavy (non-hydrogen) atoms. The number of carbonyl (C=O) groups excluding carboxylic acids is 1. The molecule has 4 rings (SSSR count). The Morgan fingerprint density at radius 2 is 2.18 bits per heavy atom. The first kappa shape index (κ1) is 13.7. The summed E-state index contributed by atoms with van der Waals surface area (Å²) < 4.78 is 6.21. The number of aryl methyl sites for hydroxylation is 2. The lowest BCUT2D eigenvalue weighted by Gasteiger charge is -1.97. The van der Waals surface area contributed by atoms with Crippen LogP contribution in [0, 0.1) is 0 Å². The van der Waals surface area contributed by atoms with Crippen LogP contribution in [-0.4, -0.2) is 18.0 Å². The minimum atomic E-state index is -0.0644. The Morgan fingerprint density at radius 3 is 3.00 bits per heavy atom. The van der Waals surface area contributed by atoms with Gasteiger partial charge in [-0.05, 0) is 49.1 Å². The number of nitrogens with zero attached hydrogens (tertiary/aromatic N) is 1. The first-order valence-corrected chi connectivity index (χ1v) is 8.74. The molecule has 1 aromatic carbocycles. The lowest BCUT2D eigenvalue weighted by atomic mass is 10.2. The highest BCUT2D eigenvalue weighted by molar-refractivity contribution is 7.22. The Hall–Kier alpha value is -1.92. The zero-order valence-corrected chi connectivity index (χ0v) is 13.6. The van der Waals surface area contributed by atoms with E-state index in [1.165, 1.54) is 28.2 Å². The fraction of sp³-hybridized carbons (Fsp3) is 0.250. The lowest BCUT2D eigenvalue weighted by molar-refractivity contribution is 0.103. The van der Waals surface area contributed by atoms with E-state index in [2.05, 4.69) is 10.3 Å². The molecular weight excluding hydrogens is 316 g/mol. The van der Waals surface area contributed by atoms with Crippen LogP contribution in [0.25, 0.3) is 10.2 Å². The van der Waals surface area contributed by atoms with Gasteiger partial charge in [-0.25, -0.2) is 4.98 Å². The maximum absolute atomic E-state index is 12.4. The number of hydrogen-bond donors (Lipinski definition) is 1. The van der Waals surface area contributed by atoms with Crippen molar-refractivity contribution in [1.82, 2.24) is 4.98 Å². The summed E-state index contributed by atoms with van der Waals surface area (Å²) in [5, 5.41) is 3.54. The van der Waals surface area contributed by atoms with E-state index in [1.807, 2.05) is 24.3 Å². The molecule has 0 bridgehead atoms. The number of ether oxygens (including phenoxy) is 1. The van der Waals surface area contributed by atoms with Gasteiger partial charge in [0.15, 0.2) is 5.13 Å². The molecule has 0 aliphatic heterocycles. The second-order valence-corrected chi connectivity index (χ2v) is 7.39. The number of hydrogen-bond acceptors (Lipinski definition) is 5. The fourth-order valence-electron chi connectivity index (χ4n) is 2.69. The first-order valence-electron chi connectivity index (χ1n) is 7.10. The fourth-order valence-corrected chi connectivity index (χ4v) is 4.72. The van der Waals surface area contributed by atoms with E-state index in [9.17, 15) is 4.79 Å². The summed E-state index contributed by atoms with van der Waals surface area (Å²) in [6.07, 6.45) is 3.41. The number of fused-ring (bicyclic) bond motifs is 2. The van der Waals surface area contributed by atoms with Crippen LogP contribution in [0.2, 0.25) is 0 Å². The second-order valence-electron chi connectivity index (χ2n) is 5.22. The van der Waals surface area contributed by atoms with Crippen molar-refractivity contribution in [2.45, 2.75) is 19.3 Å². The molecule has 0 atom stereocenters. The number of anilines is 1. The minimum absolute atomic E-state index is 0.0644. The molecule has 4 nitrogen and oxygen atoms in total. The number of thiazole rings is 1. The van der Waals surface area contributed by atoms with Crippen molar-refractivity contribution in [3.8, 4) is 5.75 Å². The number of methoxy groups -OCH3 is 1. The van der Waals surface area contributed by atoms with Crippen molar-refractivity contribution < 1.29 is 9.53 Å². The standard InChI is InChI=1S/C16H14N2O2S2/c1-20-10-5-6-11-13(8-10)22-16(17-11)18-15(19)14-7-9-3-2-4-12(9)21-14/h5-8H,2-4H2,1H3,(H,17,18,19). The summed E-state index contributed by atoms with van der Waals surface area (Å²) in [6, 6.07) is 7.73. The van der Waals surface area contributed by atoms with E-state index in [0.29, 0.717) is 5.13 Å². The van der Waals surface area contributed by atoms with Crippen LogP contribution in [0.5, 0.6) is 5.75 Å². The molecule has 6 heteroatoms. The Labute approximate surface area is 135 Å². The third-order valence-electron chi connectivity index (χ3n) is 3.79. The van der Waals surface area contributed by atoms with Gasteiger partial charge in [-0.2, -0.15) is 0 Å². The molecule has 1 N–H and O–H groups in total. The van der Waals surface area contributed by atoms with Crippen molar-refractivity contribution in [1.29, 1.82) is 0 Å². The number of amides is 1. The number of rotatable bonds is 3. The van der Waals surface area contributed by atoms with Crippen molar-refractivity contribution in [2.75, 3.05) is 12.4 Å². The zero-order chi connectivity index (χ0) is 15.1. The van der Waals surface area contributed by atoms with E-state index in [-0.39, 0.29) is 5.91 Å². The van der Waals surface area contributed by atoms with Gasteiger partial charge in [0.1, 0.15) is 5.75 Å². The molecule has 2 aromatic heterocycles. The van der Waals surface area contributed by atoms with E-state index >= 15 is 0 Å². The van der Waals surface area contributed by atoms with Crippen LogP contribution >= 0.6 is 22.7 Å². The molecule has 0 radical (unpaired) electrons. The summed E-state index contributed by atoms with van der Waals surface area (Å²) in [4.78, 5) is 19.0. The van der Waals surface area contributed by atoms with Crippen LogP contribution in [-0.2, 0) is 12.8 Å². The Balaban J connectivity index is 1.58. The van der Waals surface area contributed by atoms with Crippen LogP contribution in [0.15, 0.2) is 24.3 Å². The molecular formula is C16H14N2O2S2. The summed E-state index contributed by atoms with van der Waals surface area (Å²) in [6.45, 7) is 0. The summed E-state index contributed by atoms with van der Waals surface area (Å²) >= 11 is 3.07. The predicted octanol–water partition coefficient (Wildman–Crippen LogP) is 4.11. The highest BCUT2D eigenvalue weighted by Gasteiger charge is 2.19. The average Bonchev–Trinajstić information content (AvgIpc) is 3.19. The highest BCUT2D eigenvalue weighted by atomic mass is 32.1. The van der Waals surface area contributed by atoms with Crippen molar-refractivity contribution in [2.24, 2.45) is 0 Å². The topological polar surface area (TPSA) is 51.2 Å². The molecule has 0 fully saturated rings. The quantitative estimate of drug-likeness (QED) is 0.786. The monoisotopic (exact) mass is 330 g/mol. The van der Waals surface area contributed by atoms with Crippen LogP contribution in [0.4, 0.5) is 5.13 Å². The molecule has 3 aromatic rings. The van der Waals surface area contributed by atoms with Crippen LogP contribution in [0.1, 0.15) is 26.5 Å². The molecule has 1 aliphatic carbocycles. The second kappa shape index (κ2) is 5.37. The largest absolute Gasteiger partial charge is 0.497 e. The molecule has 112 valence electrons. The summed E-state index contributed by atoms with van der Waals surface area (Å²) in [7, 11) is 1.64. The molecule has 1 aliphatic rings. The van der Waals surface area contributed by atoms with Gasteiger partial charge >= 0.3 is 0 Å². The van der Waals surface area contributed by atoms with E-state index < -0.39 is 0 Å². The normalized spacial score (nSPS) is 13.3. The van der Waals surface area contributed by atoms with Gasteiger partial charge in [-0.15, -0.1) is 11.3 Å². The predicted molar refractivity (Wildman–Crippen MR) is 90.5 cm³/mol. The Morgan fingerprint density at radius 1 is 1.27 bits per heavy atom. The Kier molecular flexibility index (Phi) is 3.35. The van der Waals surface area contributed by atoms with E-state index in [0.717, 1.165) is 33.7 Å². The van der Waals surface area contributed by atoms with Crippen LogP contribution < -0.4 is 10.1 Å². The third kappa shape index (κ3) is 2.38. The SMILES string of the molecule is COc1ccc2nc(NC(=O)c3cc4c(s3)CCC4)sc2c1. The van der Waals surface area contributed by atoms with Crippen molar-refractivity contribution >= 4 is 43.9 Å². The minimum Gasteiger partial charge on any atom is -0.497 e. The molecule has 0 spiro atoms. The maximum atomic E-state index is 12.4. The number of nitrogens with one attached hydrogen (secondary N) is 1. The van der Waals surface area contributed by atoms with Gasteiger partial charge in [0.05, 0.1) is 22.2 Å². The number of thiophene rings is 1.